The molecule has 5 heteroatoms. The van der Waals surface area contributed by atoms with Crippen molar-refractivity contribution in [2.24, 2.45) is 11.5 Å². The fraction of sp³-hybridized carbons (Fsp3) is 0.471. The number of rotatable bonds is 3. The summed E-state index contributed by atoms with van der Waals surface area (Å²) in [5, 5.41) is 1.20. The molecular formula is C17H24N4O. The molecule has 1 amide bonds. The van der Waals surface area contributed by atoms with E-state index in [4.69, 9.17) is 11.5 Å². The minimum absolute atomic E-state index is 0.231. The summed E-state index contributed by atoms with van der Waals surface area (Å²) < 4.78 is 0. The van der Waals surface area contributed by atoms with E-state index in [0.29, 0.717) is 0 Å². The predicted molar refractivity (Wildman–Crippen MR) is 90.1 cm³/mol. The standard InChI is InChI=1S/C17H24N4O/c1-10-11(2)20-17-12(8-15(19)22)5-6-14(16(10)17)21-7-3-4-13(18)9-21/h5-6,13,20H,3-4,7-9,18H2,1-2H3,(H2,19,22). The molecule has 1 aromatic carbocycles. The molecule has 5 nitrogen and oxygen atoms in total. The molecule has 1 atom stereocenters. The van der Waals surface area contributed by atoms with Crippen LogP contribution in [0.25, 0.3) is 10.9 Å². The second-order valence-corrected chi connectivity index (χ2v) is 6.36. The number of carbonyl (C=O) groups excluding carboxylic acids is 1. The first-order valence-electron chi connectivity index (χ1n) is 7.87. The molecule has 1 aliphatic rings. The number of hydrogen-bond acceptors (Lipinski definition) is 3. The van der Waals surface area contributed by atoms with Crippen LogP contribution in [0.1, 0.15) is 29.7 Å². The number of H-pyrrole nitrogens is 1. The van der Waals surface area contributed by atoms with Gasteiger partial charge >= 0.3 is 0 Å². The molecule has 2 aromatic rings. The highest BCUT2D eigenvalue weighted by Gasteiger charge is 2.21. The quantitative estimate of drug-likeness (QED) is 0.806. The maximum atomic E-state index is 11.3. The molecule has 1 unspecified atom stereocenters. The van der Waals surface area contributed by atoms with Gasteiger partial charge in [-0.3, -0.25) is 4.79 Å². The third-order valence-corrected chi connectivity index (χ3v) is 4.68. The number of nitrogens with two attached hydrogens (primary N) is 2. The van der Waals surface area contributed by atoms with Crippen molar-refractivity contribution < 1.29 is 4.79 Å². The number of hydrogen-bond donors (Lipinski definition) is 3. The molecule has 2 heterocycles. The first-order chi connectivity index (χ1) is 10.5. The minimum atomic E-state index is -0.307. The number of aryl methyl sites for hydroxylation is 2. The van der Waals surface area contributed by atoms with Crippen LogP contribution < -0.4 is 16.4 Å². The Morgan fingerprint density at radius 2 is 2.18 bits per heavy atom. The van der Waals surface area contributed by atoms with Crippen molar-refractivity contribution >= 4 is 22.5 Å². The van der Waals surface area contributed by atoms with E-state index in [1.54, 1.807) is 0 Å². The van der Waals surface area contributed by atoms with E-state index in [-0.39, 0.29) is 18.4 Å². The predicted octanol–water partition coefficient (Wildman–Crippen LogP) is 1.74. The number of piperidine rings is 1. The first-order valence-corrected chi connectivity index (χ1v) is 7.87. The molecule has 22 heavy (non-hydrogen) atoms. The van der Waals surface area contributed by atoms with Gasteiger partial charge < -0.3 is 21.4 Å². The van der Waals surface area contributed by atoms with Crippen molar-refractivity contribution in [2.75, 3.05) is 18.0 Å². The van der Waals surface area contributed by atoms with Gasteiger partial charge in [-0.05, 0) is 43.9 Å². The number of aromatic nitrogens is 1. The number of amides is 1. The summed E-state index contributed by atoms with van der Waals surface area (Å²) in [7, 11) is 0. The molecule has 0 bridgehead atoms. The average Bonchev–Trinajstić information content (AvgIpc) is 2.76. The largest absolute Gasteiger partial charge is 0.369 e. The third kappa shape index (κ3) is 2.57. The van der Waals surface area contributed by atoms with E-state index in [1.165, 1.54) is 16.6 Å². The van der Waals surface area contributed by atoms with Gasteiger partial charge in [-0.1, -0.05) is 6.07 Å². The van der Waals surface area contributed by atoms with Crippen LogP contribution in [0.3, 0.4) is 0 Å². The number of nitrogens with zero attached hydrogens (tertiary/aromatic N) is 1. The second kappa shape index (κ2) is 5.65. The van der Waals surface area contributed by atoms with E-state index in [9.17, 15) is 4.79 Å². The van der Waals surface area contributed by atoms with Gasteiger partial charge in [0.05, 0.1) is 11.9 Å². The maximum Gasteiger partial charge on any atom is 0.221 e. The highest BCUT2D eigenvalue weighted by atomic mass is 16.1. The first kappa shape index (κ1) is 14.9. The van der Waals surface area contributed by atoms with Gasteiger partial charge in [-0.2, -0.15) is 0 Å². The zero-order chi connectivity index (χ0) is 15.9. The lowest BCUT2D eigenvalue weighted by molar-refractivity contribution is -0.117. The Morgan fingerprint density at radius 3 is 2.86 bits per heavy atom. The summed E-state index contributed by atoms with van der Waals surface area (Å²) >= 11 is 0. The number of benzene rings is 1. The molecule has 0 aliphatic carbocycles. The normalized spacial score (nSPS) is 18.9. The molecule has 1 saturated heterocycles. The molecule has 1 aromatic heterocycles. The molecule has 0 saturated carbocycles. The van der Waals surface area contributed by atoms with Crippen molar-refractivity contribution in [2.45, 2.75) is 39.2 Å². The maximum absolute atomic E-state index is 11.3. The van der Waals surface area contributed by atoms with Crippen molar-refractivity contribution in [3.05, 3.63) is 29.0 Å². The molecule has 0 radical (unpaired) electrons. The smallest absolute Gasteiger partial charge is 0.221 e. The molecule has 1 aliphatic heterocycles. The van der Waals surface area contributed by atoms with Crippen LogP contribution in [0.15, 0.2) is 12.1 Å². The van der Waals surface area contributed by atoms with Crippen molar-refractivity contribution in [3.8, 4) is 0 Å². The van der Waals surface area contributed by atoms with Gasteiger partial charge in [0.25, 0.3) is 0 Å². The molecule has 1 fully saturated rings. The van der Waals surface area contributed by atoms with Gasteiger partial charge in [0.2, 0.25) is 5.91 Å². The summed E-state index contributed by atoms with van der Waals surface area (Å²) in [5.74, 6) is -0.307. The van der Waals surface area contributed by atoms with Crippen LogP contribution in [-0.4, -0.2) is 30.0 Å². The Balaban J connectivity index is 2.13. The van der Waals surface area contributed by atoms with E-state index < -0.39 is 0 Å². The fourth-order valence-corrected chi connectivity index (χ4v) is 3.45. The Hall–Kier alpha value is -2.01. The number of aromatic amines is 1. The summed E-state index contributed by atoms with van der Waals surface area (Å²) in [6.45, 7) is 6.10. The molecule has 118 valence electrons. The molecule has 0 spiro atoms. The molecular weight excluding hydrogens is 276 g/mol. The zero-order valence-corrected chi connectivity index (χ0v) is 13.3. The zero-order valence-electron chi connectivity index (χ0n) is 13.3. The van der Waals surface area contributed by atoms with Crippen LogP contribution in [0.5, 0.6) is 0 Å². The monoisotopic (exact) mass is 300 g/mol. The summed E-state index contributed by atoms with van der Waals surface area (Å²) in [5.41, 5.74) is 17.1. The van der Waals surface area contributed by atoms with Gasteiger partial charge in [-0.25, -0.2) is 0 Å². The van der Waals surface area contributed by atoms with E-state index >= 15 is 0 Å². The molecule has 5 N–H and O–H groups in total. The Morgan fingerprint density at radius 1 is 1.41 bits per heavy atom. The van der Waals surface area contributed by atoms with E-state index in [0.717, 1.165) is 42.7 Å². The number of carbonyl (C=O) groups is 1. The van der Waals surface area contributed by atoms with Gasteiger partial charge in [0.15, 0.2) is 0 Å². The minimum Gasteiger partial charge on any atom is -0.369 e. The van der Waals surface area contributed by atoms with Gasteiger partial charge in [0, 0.05) is 35.9 Å². The number of fused-ring (bicyclic) bond motifs is 1. The highest BCUT2D eigenvalue weighted by molar-refractivity contribution is 5.99. The number of nitrogens with one attached hydrogen (secondary N) is 1. The average molecular weight is 300 g/mol. The lowest BCUT2D eigenvalue weighted by atomic mass is 10.0. The van der Waals surface area contributed by atoms with Crippen molar-refractivity contribution in [1.29, 1.82) is 0 Å². The lowest BCUT2D eigenvalue weighted by Crippen LogP contribution is -2.42. The number of anilines is 1. The second-order valence-electron chi connectivity index (χ2n) is 6.36. The third-order valence-electron chi connectivity index (χ3n) is 4.68. The number of primary amides is 1. The van der Waals surface area contributed by atoms with Gasteiger partial charge in [-0.15, -0.1) is 0 Å². The lowest BCUT2D eigenvalue weighted by Gasteiger charge is -2.33. The van der Waals surface area contributed by atoms with Gasteiger partial charge in [0.1, 0.15) is 0 Å². The fourth-order valence-electron chi connectivity index (χ4n) is 3.45. The van der Waals surface area contributed by atoms with Crippen LogP contribution in [-0.2, 0) is 11.2 Å². The highest BCUT2D eigenvalue weighted by Crippen LogP contribution is 2.35. The van der Waals surface area contributed by atoms with Crippen molar-refractivity contribution in [1.82, 2.24) is 4.98 Å². The van der Waals surface area contributed by atoms with Crippen LogP contribution in [0.4, 0.5) is 5.69 Å². The summed E-state index contributed by atoms with van der Waals surface area (Å²) in [6.07, 6.45) is 2.47. The van der Waals surface area contributed by atoms with Crippen molar-refractivity contribution in [3.63, 3.8) is 0 Å². The Bertz CT molecular complexity index is 719. The summed E-state index contributed by atoms with van der Waals surface area (Å²) in [4.78, 5) is 17.1. The van der Waals surface area contributed by atoms with Crippen LogP contribution in [0, 0.1) is 13.8 Å². The Kier molecular flexibility index (Phi) is 3.83. The SMILES string of the molecule is Cc1[nH]c2c(CC(N)=O)ccc(N3CCCC(N)C3)c2c1C. The molecule has 3 rings (SSSR count). The van der Waals surface area contributed by atoms with Crippen LogP contribution in [0.2, 0.25) is 0 Å². The van der Waals surface area contributed by atoms with Crippen LogP contribution >= 0.6 is 0 Å². The Labute approximate surface area is 130 Å². The van der Waals surface area contributed by atoms with E-state index in [2.05, 4.69) is 29.8 Å². The van der Waals surface area contributed by atoms with E-state index in [1.807, 2.05) is 6.07 Å². The summed E-state index contributed by atoms with van der Waals surface area (Å²) in [6, 6.07) is 4.35. The topological polar surface area (TPSA) is 88.1 Å².